The van der Waals surface area contributed by atoms with E-state index in [0.717, 1.165) is 12.1 Å². The zero-order chi connectivity index (χ0) is 14.5. The molecule has 0 spiro atoms. The van der Waals surface area contributed by atoms with E-state index in [9.17, 15) is 4.79 Å². The molecule has 1 unspecified atom stereocenters. The minimum Gasteiger partial charge on any atom is -0.377 e. The lowest BCUT2D eigenvalue weighted by molar-refractivity contribution is 0.715. The van der Waals surface area contributed by atoms with Gasteiger partial charge in [-0.1, -0.05) is 36.8 Å². The average Bonchev–Trinajstić information content (AvgIpc) is 2.47. The minimum atomic E-state index is 0.0430. The van der Waals surface area contributed by atoms with Crippen LogP contribution < -0.4 is 10.9 Å². The molecule has 2 aromatic rings. The van der Waals surface area contributed by atoms with Gasteiger partial charge in [0.15, 0.2) is 0 Å². The average molecular weight is 270 g/mol. The van der Waals surface area contributed by atoms with Crippen molar-refractivity contribution < 1.29 is 0 Å². The van der Waals surface area contributed by atoms with Crippen LogP contribution >= 0.6 is 0 Å². The van der Waals surface area contributed by atoms with Crippen molar-refractivity contribution in [3.63, 3.8) is 0 Å². The monoisotopic (exact) mass is 270 g/mol. The van der Waals surface area contributed by atoms with Crippen LogP contribution in [0.5, 0.6) is 0 Å². The molecule has 0 saturated carbocycles. The lowest BCUT2D eigenvalue weighted by atomic mass is 10.0. The Morgan fingerprint density at radius 2 is 1.80 bits per heavy atom. The van der Waals surface area contributed by atoms with Gasteiger partial charge in [0.1, 0.15) is 0 Å². The maximum Gasteiger partial charge on any atom is 0.250 e. The summed E-state index contributed by atoms with van der Waals surface area (Å²) in [5, 5.41) is 3.51. The molecule has 20 heavy (non-hydrogen) atoms. The fourth-order valence-electron chi connectivity index (χ4n) is 2.28. The van der Waals surface area contributed by atoms with Gasteiger partial charge in [0.25, 0.3) is 5.56 Å². The van der Waals surface area contributed by atoms with Crippen LogP contribution in [0.15, 0.2) is 47.4 Å². The van der Waals surface area contributed by atoms with Gasteiger partial charge in [0.05, 0.1) is 11.7 Å². The Kier molecular flexibility index (Phi) is 4.61. The van der Waals surface area contributed by atoms with E-state index in [-0.39, 0.29) is 11.6 Å². The highest BCUT2D eigenvalue weighted by Crippen LogP contribution is 2.22. The second kappa shape index (κ2) is 6.42. The molecule has 0 fully saturated rings. The first-order chi connectivity index (χ1) is 9.63. The van der Waals surface area contributed by atoms with Gasteiger partial charge in [-0.05, 0) is 31.9 Å². The first-order valence-corrected chi connectivity index (χ1v) is 7.17. The Morgan fingerprint density at radius 3 is 2.40 bits per heavy atom. The van der Waals surface area contributed by atoms with Crippen LogP contribution in [0.1, 0.15) is 37.4 Å². The van der Waals surface area contributed by atoms with Crippen LogP contribution in [0.25, 0.3) is 0 Å². The summed E-state index contributed by atoms with van der Waals surface area (Å²) in [4.78, 5) is 11.6. The molecule has 106 valence electrons. The first kappa shape index (κ1) is 14.4. The maximum absolute atomic E-state index is 11.6. The standard InChI is InChI=1S/C17H22N2O/c1-4-16(14-8-6-13(3)7-9-14)18-15-10-11-17(20)19(5-2)12-15/h6-12,16,18H,4-5H2,1-3H3. The van der Waals surface area contributed by atoms with Crippen LogP contribution in [-0.2, 0) is 6.54 Å². The van der Waals surface area contributed by atoms with Crippen molar-refractivity contribution in [2.24, 2.45) is 0 Å². The summed E-state index contributed by atoms with van der Waals surface area (Å²) >= 11 is 0. The highest BCUT2D eigenvalue weighted by Gasteiger charge is 2.09. The molecule has 1 heterocycles. The predicted octanol–water partition coefficient (Wildman–Crippen LogP) is 3.74. The molecule has 0 aliphatic rings. The second-order valence-electron chi connectivity index (χ2n) is 5.06. The zero-order valence-electron chi connectivity index (χ0n) is 12.4. The number of nitrogens with zero attached hydrogens (tertiary/aromatic N) is 1. The molecule has 0 radical (unpaired) electrons. The zero-order valence-corrected chi connectivity index (χ0v) is 12.4. The number of hydrogen-bond acceptors (Lipinski definition) is 2. The van der Waals surface area contributed by atoms with Crippen LogP contribution in [0.2, 0.25) is 0 Å². The molecule has 0 amide bonds. The van der Waals surface area contributed by atoms with Gasteiger partial charge in [-0.2, -0.15) is 0 Å². The molecule has 1 aromatic carbocycles. The number of aromatic nitrogens is 1. The van der Waals surface area contributed by atoms with E-state index in [1.54, 1.807) is 10.6 Å². The largest absolute Gasteiger partial charge is 0.377 e. The van der Waals surface area contributed by atoms with E-state index in [1.807, 2.05) is 19.2 Å². The van der Waals surface area contributed by atoms with Gasteiger partial charge >= 0.3 is 0 Å². The Morgan fingerprint density at radius 1 is 1.10 bits per heavy atom. The fourth-order valence-corrected chi connectivity index (χ4v) is 2.28. The fraction of sp³-hybridized carbons (Fsp3) is 0.353. The van der Waals surface area contributed by atoms with Crippen molar-refractivity contribution >= 4 is 5.69 Å². The molecule has 1 aromatic heterocycles. The third-order valence-corrected chi connectivity index (χ3v) is 3.55. The molecule has 2 rings (SSSR count). The highest BCUT2D eigenvalue weighted by atomic mass is 16.1. The molecule has 0 aliphatic heterocycles. The van der Waals surface area contributed by atoms with E-state index in [2.05, 4.69) is 43.4 Å². The van der Waals surface area contributed by atoms with Crippen LogP contribution in [0.3, 0.4) is 0 Å². The molecule has 0 bridgehead atoms. The number of rotatable bonds is 5. The number of aryl methyl sites for hydroxylation is 2. The second-order valence-corrected chi connectivity index (χ2v) is 5.06. The topological polar surface area (TPSA) is 34.0 Å². The van der Waals surface area contributed by atoms with Crippen molar-refractivity contribution in [1.29, 1.82) is 0 Å². The van der Waals surface area contributed by atoms with E-state index >= 15 is 0 Å². The number of nitrogens with one attached hydrogen (secondary N) is 1. The molecular weight excluding hydrogens is 248 g/mol. The Bertz CT molecular complexity index is 614. The molecule has 1 atom stereocenters. The number of hydrogen-bond donors (Lipinski definition) is 1. The molecule has 0 saturated heterocycles. The Hall–Kier alpha value is -2.03. The quantitative estimate of drug-likeness (QED) is 0.898. The summed E-state index contributed by atoms with van der Waals surface area (Å²) in [6.45, 7) is 6.92. The third-order valence-electron chi connectivity index (χ3n) is 3.55. The van der Waals surface area contributed by atoms with Gasteiger partial charge in [-0.15, -0.1) is 0 Å². The molecular formula is C17H22N2O. The van der Waals surface area contributed by atoms with E-state index in [1.165, 1.54) is 11.1 Å². The Balaban J connectivity index is 2.22. The Labute approximate surface area is 120 Å². The summed E-state index contributed by atoms with van der Waals surface area (Å²) < 4.78 is 1.71. The van der Waals surface area contributed by atoms with Crippen molar-refractivity contribution in [2.75, 3.05) is 5.32 Å². The van der Waals surface area contributed by atoms with Crippen LogP contribution in [-0.4, -0.2) is 4.57 Å². The summed E-state index contributed by atoms with van der Waals surface area (Å²) in [6, 6.07) is 12.3. The SMILES string of the molecule is CCC(Nc1ccc(=O)n(CC)c1)c1ccc(C)cc1. The molecule has 1 N–H and O–H groups in total. The van der Waals surface area contributed by atoms with Crippen molar-refractivity contribution in [3.8, 4) is 0 Å². The molecule has 3 heteroatoms. The first-order valence-electron chi connectivity index (χ1n) is 7.17. The number of benzene rings is 1. The van der Waals surface area contributed by atoms with Gasteiger partial charge in [0.2, 0.25) is 0 Å². The summed E-state index contributed by atoms with van der Waals surface area (Å²) in [6.07, 6.45) is 2.88. The van der Waals surface area contributed by atoms with Gasteiger partial charge in [0, 0.05) is 18.8 Å². The van der Waals surface area contributed by atoms with Gasteiger partial charge in [-0.3, -0.25) is 4.79 Å². The number of pyridine rings is 1. The van der Waals surface area contributed by atoms with Crippen molar-refractivity contribution in [2.45, 2.75) is 39.8 Å². The maximum atomic E-state index is 11.6. The normalized spacial score (nSPS) is 12.2. The predicted molar refractivity (Wildman–Crippen MR) is 84.2 cm³/mol. The molecule has 0 aliphatic carbocycles. The van der Waals surface area contributed by atoms with Gasteiger partial charge in [-0.25, -0.2) is 0 Å². The van der Waals surface area contributed by atoms with E-state index in [0.29, 0.717) is 6.54 Å². The van der Waals surface area contributed by atoms with E-state index < -0.39 is 0 Å². The molecule has 3 nitrogen and oxygen atoms in total. The lowest BCUT2D eigenvalue weighted by Crippen LogP contribution is -2.19. The van der Waals surface area contributed by atoms with Crippen LogP contribution in [0, 0.1) is 6.92 Å². The lowest BCUT2D eigenvalue weighted by Gasteiger charge is -2.19. The van der Waals surface area contributed by atoms with E-state index in [4.69, 9.17) is 0 Å². The summed E-state index contributed by atoms with van der Waals surface area (Å²) in [5.74, 6) is 0. The van der Waals surface area contributed by atoms with Crippen molar-refractivity contribution in [1.82, 2.24) is 4.57 Å². The number of anilines is 1. The summed E-state index contributed by atoms with van der Waals surface area (Å²) in [5.41, 5.74) is 3.57. The minimum absolute atomic E-state index is 0.0430. The third kappa shape index (κ3) is 3.29. The van der Waals surface area contributed by atoms with Crippen molar-refractivity contribution in [3.05, 3.63) is 64.1 Å². The smallest absolute Gasteiger partial charge is 0.250 e. The highest BCUT2D eigenvalue weighted by molar-refractivity contribution is 5.43. The van der Waals surface area contributed by atoms with Crippen LogP contribution in [0.4, 0.5) is 5.69 Å². The summed E-state index contributed by atoms with van der Waals surface area (Å²) in [7, 11) is 0. The van der Waals surface area contributed by atoms with Gasteiger partial charge < -0.3 is 9.88 Å².